The normalized spacial score (nSPS) is 11.6. The molecule has 7 aromatic carbocycles. The molecule has 0 radical (unpaired) electrons. The molecule has 3 aromatic heterocycles. The van der Waals surface area contributed by atoms with E-state index in [9.17, 15) is 0 Å². The molecule has 5 heteroatoms. The lowest BCUT2D eigenvalue weighted by Crippen LogP contribution is -2.00. The Balaban J connectivity index is 1.15. The molecule has 0 N–H and O–H groups in total. The molecule has 0 saturated heterocycles. The topological polar surface area (TPSA) is 38.7 Å². The van der Waals surface area contributed by atoms with Gasteiger partial charge in [0.05, 0.1) is 0 Å². The summed E-state index contributed by atoms with van der Waals surface area (Å²) < 4.78 is 4.94. The van der Waals surface area contributed by atoms with Gasteiger partial charge in [-0.1, -0.05) is 146 Å². The zero-order valence-electron chi connectivity index (χ0n) is 26.7. The maximum Gasteiger partial charge on any atom is 0.165 e. The Morgan fingerprint density at radius 1 is 0.300 bits per heavy atom. The second-order valence-electron chi connectivity index (χ2n) is 12.4. The summed E-state index contributed by atoms with van der Waals surface area (Å²) in [5.74, 6) is 2.00. The van der Waals surface area contributed by atoms with E-state index in [1.165, 1.54) is 57.0 Å². The van der Waals surface area contributed by atoms with Crippen LogP contribution in [0.4, 0.5) is 0 Å². The van der Waals surface area contributed by atoms with Crippen LogP contribution in [-0.4, -0.2) is 15.0 Å². The fourth-order valence-electron chi connectivity index (χ4n) is 6.90. The van der Waals surface area contributed by atoms with E-state index in [2.05, 4.69) is 158 Å². The number of hydrogen-bond acceptors (Lipinski definition) is 5. The van der Waals surface area contributed by atoms with Gasteiger partial charge in [0.25, 0.3) is 0 Å². The van der Waals surface area contributed by atoms with Crippen molar-refractivity contribution < 1.29 is 0 Å². The van der Waals surface area contributed by atoms with E-state index in [0.717, 1.165) is 22.3 Å². The summed E-state index contributed by atoms with van der Waals surface area (Å²) in [7, 11) is 0. The van der Waals surface area contributed by atoms with Gasteiger partial charge in [0.1, 0.15) is 0 Å². The summed E-state index contributed by atoms with van der Waals surface area (Å²) >= 11 is 3.62. The summed E-state index contributed by atoms with van der Waals surface area (Å²) in [4.78, 5) is 15.5. The molecule has 0 amide bonds. The van der Waals surface area contributed by atoms with E-state index in [1.807, 2.05) is 17.4 Å². The Hall–Kier alpha value is -6.01. The van der Waals surface area contributed by atoms with Crippen LogP contribution in [0.2, 0.25) is 0 Å². The number of aromatic nitrogens is 3. The third-order valence-electron chi connectivity index (χ3n) is 9.37. The summed E-state index contributed by atoms with van der Waals surface area (Å²) in [6.07, 6.45) is 0. The van der Waals surface area contributed by atoms with Crippen molar-refractivity contribution in [2.75, 3.05) is 0 Å². The highest BCUT2D eigenvalue weighted by Crippen LogP contribution is 2.42. The van der Waals surface area contributed by atoms with Gasteiger partial charge in [-0.3, -0.25) is 0 Å². The number of hydrogen-bond donors (Lipinski definition) is 0. The molecule has 0 fully saturated rings. The molecule has 0 unspecified atom stereocenters. The average Bonchev–Trinajstić information content (AvgIpc) is 3.77. The second-order valence-corrected chi connectivity index (χ2v) is 14.5. The summed E-state index contributed by atoms with van der Waals surface area (Å²) in [5.41, 5.74) is 7.76. The molecule has 10 aromatic rings. The highest BCUT2D eigenvalue weighted by molar-refractivity contribution is 7.26. The Labute approximate surface area is 296 Å². The molecule has 0 spiro atoms. The molecular weight excluding hydrogens is 647 g/mol. The van der Waals surface area contributed by atoms with Crippen LogP contribution in [0.5, 0.6) is 0 Å². The molecular formula is C45H27N3S2. The van der Waals surface area contributed by atoms with Crippen LogP contribution in [0.15, 0.2) is 164 Å². The summed E-state index contributed by atoms with van der Waals surface area (Å²) in [6.45, 7) is 0. The van der Waals surface area contributed by atoms with Crippen LogP contribution in [0.25, 0.3) is 96.8 Å². The molecule has 50 heavy (non-hydrogen) atoms. The zero-order valence-corrected chi connectivity index (χ0v) is 28.4. The van der Waals surface area contributed by atoms with Crippen LogP contribution in [0.1, 0.15) is 0 Å². The van der Waals surface area contributed by atoms with Gasteiger partial charge in [0, 0.05) is 57.0 Å². The molecule has 0 bridgehead atoms. The number of thiophene rings is 2. The van der Waals surface area contributed by atoms with Crippen LogP contribution in [0.3, 0.4) is 0 Å². The quantitative estimate of drug-likeness (QED) is 0.182. The van der Waals surface area contributed by atoms with Gasteiger partial charge in [-0.15, -0.1) is 22.7 Å². The van der Waals surface area contributed by atoms with Crippen molar-refractivity contribution in [2.24, 2.45) is 0 Å². The largest absolute Gasteiger partial charge is 0.208 e. The first-order valence-electron chi connectivity index (χ1n) is 16.6. The van der Waals surface area contributed by atoms with E-state index >= 15 is 0 Å². The van der Waals surface area contributed by atoms with E-state index in [1.54, 1.807) is 11.3 Å². The second kappa shape index (κ2) is 11.8. The van der Waals surface area contributed by atoms with Crippen molar-refractivity contribution in [3.05, 3.63) is 164 Å². The molecule has 3 nitrogen and oxygen atoms in total. The molecule has 0 atom stereocenters. The summed E-state index contributed by atoms with van der Waals surface area (Å²) in [6, 6.07) is 57.9. The van der Waals surface area contributed by atoms with Gasteiger partial charge < -0.3 is 0 Å². The lowest BCUT2D eigenvalue weighted by Gasteiger charge is -2.10. The van der Waals surface area contributed by atoms with Crippen LogP contribution < -0.4 is 0 Å². The van der Waals surface area contributed by atoms with Gasteiger partial charge in [-0.25, -0.2) is 15.0 Å². The van der Waals surface area contributed by atoms with E-state index < -0.39 is 0 Å². The van der Waals surface area contributed by atoms with Gasteiger partial charge in [-0.2, -0.15) is 0 Å². The third-order valence-corrected chi connectivity index (χ3v) is 11.8. The SMILES string of the molecule is c1ccc(-c2ccc(-c3nc(-c4ccc5c(c4)sc4c(-c6ccccc6)cccc45)nc(-c4cccc5c4sc4ccccc45)n3)cc2)cc1. The van der Waals surface area contributed by atoms with Crippen LogP contribution >= 0.6 is 22.7 Å². The highest BCUT2D eigenvalue weighted by atomic mass is 32.1. The molecule has 0 aliphatic heterocycles. The Kier molecular flexibility index (Phi) is 6.86. The van der Waals surface area contributed by atoms with E-state index in [-0.39, 0.29) is 0 Å². The fourth-order valence-corrected chi connectivity index (χ4v) is 9.39. The van der Waals surface area contributed by atoms with Crippen molar-refractivity contribution in [2.45, 2.75) is 0 Å². The van der Waals surface area contributed by atoms with Gasteiger partial charge in [0.2, 0.25) is 0 Å². The number of fused-ring (bicyclic) bond motifs is 6. The molecule has 0 aliphatic carbocycles. The molecule has 3 heterocycles. The molecule has 10 rings (SSSR count). The molecule has 234 valence electrons. The Morgan fingerprint density at radius 2 is 0.800 bits per heavy atom. The summed E-state index contributed by atoms with van der Waals surface area (Å²) in [5, 5.41) is 4.99. The smallest absolute Gasteiger partial charge is 0.165 e. The maximum atomic E-state index is 5.20. The molecule has 0 saturated carbocycles. The number of rotatable bonds is 5. The Bertz CT molecular complexity index is 2850. The Morgan fingerprint density at radius 3 is 1.56 bits per heavy atom. The predicted octanol–water partition coefficient (Wildman–Crippen LogP) is 12.9. The van der Waals surface area contributed by atoms with Crippen molar-refractivity contribution in [3.8, 4) is 56.4 Å². The standard InChI is InChI=1S/C45H27N3S2/c1-3-11-28(12-4-1)29-21-23-31(24-22-29)43-46-44(48-45(47-43)38-19-10-18-36-34-15-7-8-20-39(34)49-42(36)38)32-25-26-35-37-17-9-16-33(30-13-5-2-6-14-30)41(37)50-40(35)27-32/h1-27H. The third kappa shape index (κ3) is 4.90. The number of benzene rings is 7. The fraction of sp³-hybridized carbons (Fsp3) is 0. The first-order chi connectivity index (χ1) is 24.8. The zero-order chi connectivity index (χ0) is 33.0. The highest BCUT2D eigenvalue weighted by Gasteiger charge is 2.18. The maximum absolute atomic E-state index is 5.20. The minimum absolute atomic E-state index is 0.658. The minimum Gasteiger partial charge on any atom is -0.208 e. The first-order valence-corrected chi connectivity index (χ1v) is 18.2. The average molecular weight is 674 g/mol. The predicted molar refractivity (Wildman–Crippen MR) is 213 cm³/mol. The minimum atomic E-state index is 0.658. The lowest BCUT2D eigenvalue weighted by molar-refractivity contribution is 1.08. The van der Waals surface area contributed by atoms with Crippen molar-refractivity contribution in [1.82, 2.24) is 15.0 Å². The molecule has 0 aliphatic rings. The van der Waals surface area contributed by atoms with Gasteiger partial charge >= 0.3 is 0 Å². The van der Waals surface area contributed by atoms with Crippen LogP contribution in [-0.2, 0) is 0 Å². The van der Waals surface area contributed by atoms with Crippen molar-refractivity contribution >= 4 is 63.0 Å². The first kappa shape index (κ1) is 29.0. The monoisotopic (exact) mass is 673 g/mol. The van der Waals surface area contributed by atoms with Gasteiger partial charge in [0.15, 0.2) is 17.5 Å². The van der Waals surface area contributed by atoms with Crippen molar-refractivity contribution in [1.29, 1.82) is 0 Å². The number of nitrogens with zero attached hydrogens (tertiary/aromatic N) is 3. The van der Waals surface area contributed by atoms with Crippen molar-refractivity contribution in [3.63, 3.8) is 0 Å². The van der Waals surface area contributed by atoms with Gasteiger partial charge in [-0.05, 0) is 40.5 Å². The van der Waals surface area contributed by atoms with E-state index in [0.29, 0.717) is 17.5 Å². The van der Waals surface area contributed by atoms with Crippen LogP contribution in [0, 0.1) is 0 Å². The lowest BCUT2D eigenvalue weighted by atomic mass is 10.0. The van der Waals surface area contributed by atoms with E-state index in [4.69, 9.17) is 15.0 Å².